The van der Waals surface area contributed by atoms with E-state index >= 15 is 0 Å². The van der Waals surface area contributed by atoms with E-state index in [2.05, 4.69) is 85.5 Å². The quantitative estimate of drug-likeness (QED) is 0.145. The van der Waals surface area contributed by atoms with Crippen LogP contribution in [0.15, 0.2) is 66.7 Å². The van der Waals surface area contributed by atoms with Crippen molar-refractivity contribution < 1.29 is 19.1 Å². The molecule has 0 aliphatic heterocycles. The molecule has 4 aromatic rings. The predicted octanol–water partition coefficient (Wildman–Crippen LogP) is 7.00. The Hall–Kier alpha value is -5.06. The van der Waals surface area contributed by atoms with Gasteiger partial charge in [0.1, 0.15) is 11.4 Å². The number of ether oxygens (including phenoxy) is 1. The minimum Gasteiger partial charge on any atom is -0.444 e. The monoisotopic (exact) mass is 679 g/mol. The third-order valence-corrected chi connectivity index (χ3v) is 9.30. The van der Waals surface area contributed by atoms with Gasteiger partial charge in [0.05, 0.1) is 0 Å². The summed E-state index contributed by atoms with van der Waals surface area (Å²) in [6.45, 7) is 8.15. The zero-order valence-electron chi connectivity index (χ0n) is 30.0. The third-order valence-electron chi connectivity index (χ3n) is 9.30. The van der Waals surface area contributed by atoms with Crippen LogP contribution in [0.3, 0.4) is 0 Å². The molecule has 1 aliphatic rings. The number of alkyl carbamates (subject to hydrolysis) is 1. The van der Waals surface area contributed by atoms with Gasteiger partial charge < -0.3 is 20.3 Å². The molecule has 5 rings (SSSR count). The minimum absolute atomic E-state index is 0.105. The molecule has 0 unspecified atom stereocenters. The van der Waals surface area contributed by atoms with Crippen molar-refractivity contribution in [1.29, 1.82) is 0 Å². The first-order chi connectivity index (χ1) is 23.8. The lowest BCUT2D eigenvalue weighted by molar-refractivity contribution is -0.129. The van der Waals surface area contributed by atoms with Crippen molar-refractivity contribution in [3.8, 4) is 22.5 Å². The molecule has 0 bridgehead atoms. The third kappa shape index (κ3) is 9.99. The number of aryl methyl sites for hydroxylation is 1. The van der Waals surface area contributed by atoms with Crippen molar-refractivity contribution >= 4 is 29.2 Å². The maximum Gasteiger partial charge on any atom is 0.407 e. The van der Waals surface area contributed by atoms with E-state index in [1.807, 2.05) is 47.0 Å². The number of hydrogen-bond acceptors (Lipinski definition) is 8. The maximum atomic E-state index is 13.8. The summed E-state index contributed by atoms with van der Waals surface area (Å²) in [5.74, 6) is 0.0288. The molecule has 1 heterocycles. The van der Waals surface area contributed by atoms with Gasteiger partial charge in [0.25, 0.3) is 0 Å². The smallest absolute Gasteiger partial charge is 0.407 e. The van der Waals surface area contributed by atoms with E-state index in [0.717, 1.165) is 53.6 Å². The molecule has 0 spiro atoms. The molecule has 1 fully saturated rings. The van der Waals surface area contributed by atoms with Crippen LogP contribution in [0.1, 0.15) is 64.0 Å². The fourth-order valence-corrected chi connectivity index (χ4v) is 6.43. The predicted molar refractivity (Wildman–Crippen MR) is 196 cm³/mol. The topological polar surface area (TPSA) is 142 Å². The molecule has 3 N–H and O–H groups in total. The molecule has 11 heteroatoms. The van der Waals surface area contributed by atoms with E-state index in [0.29, 0.717) is 30.4 Å². The van der Waals surface area contributed by atoms with Crippen LogP contribution in [-0.4, -0.2) is 64.6 Å². The van der Waals surface area contributed by atoms with Crippen LogP contribution in [-0.2, 0) is 20.7 Å². The molecule has 0 radical (unpaired) electrons. The molecule has 0 saturated heterocycles. The zero-order valence-corrected chi connectivity index (χ0v) is 30.0. The number of H-pyrrole nitrogens is 1. The highest BCUT2D eigenvalue weighted by Crippen LogP contribution is 2.32. The van der Waals surface area contributed by atoms with Crippen molar-refractivity contribution in [2.75, 3.05) is 30.9 Å². The van der Waals surface area contributed by atoms with Gasteiger partial charge in [0, 0.05) is 55.8 Å². The largest absolute Gasteiger partial charge is 0.444 e. The Balaban J connectivity index is 1.26. The molecule has 11 nitrogen and oxygen atoms in total. The molecule has 1 aliphatic carbocycles. The van der Waals surface area contributed by atoms with Gasteiger partial charge in [-0.25, -0.2) is 4.79 Å². The van der Waals surface area contributed by atoms with Gasteiger partial charge in [-0.3, -0.25) is 9.59 Å². The van der Waals surface area contributed by atoms with Gasteiger partial charge in [-0.1, -0.05) is 30.3 Å². The van der Waals surface area contributed by atoms with E-state index in [-0.39, 0.29) is 24.0 Å². The molecular formula is C39H49N7O4. The summed E-state index contributed by atoms with van der Waals surface area (Å²) in [6, 6.07) is 22.0. The van der Waals surface area contributed by atoms with Gasteiger partial charge in [-0.15, -0.1) is 10.2 Å². The average molecular weight is 680 g/mol. The lowest BCUT2D eigenvalue weighted by atomic mass is 9.77. The minimum atomic E-state index is -0.547. The van der Waals surface area contributed by atoms with Gasteiger partial charge in [-0.2, -0.15) is 5.21 Å². The van der Waals surface area contributed by atoms with Crippen molar-refractivity contribution in [3.63, 3.8) is 0 Å². The molecule has 1 atom stereocenters. The van der Waals surface area contributed by atoms with E-state index in [1.165, 1.54) is 5.56 Å². The van der Waals surface area contributed by atoms with Crippen LogP contribution in [0.5, 0.6) is 0 Å². The van der Waals surface area contributed by atoms with Crippen LogP contribution in [0.25, 0.3) is 22.5 Å². The van der Waals surface area contributed by atoms with Gasteiger partial charge >= 0.3 is 6.09 Å². The lowest BCUT2D eigenvalue weighted by Crippen LogP contribution is -2.37. The van der Waals surface area contributed by atoms with Crippen molar-refractivity contribution in [1.82, 2.24) is 25.9 Å². The standard InChI is InChI=1S/C39H49N7O4/c1-25-7-20-33(46(5)6)23-34(25)28-12-8-26(9-13-28)21-31(37(48)41-32-18-16-30(17-19-32)36-42-44-45-43-36)22-35(47)29-14-10-27(11-15-29)24-40-38(49)50-39(2,3)4/h7-9,12-13,16-20,23,27,29,31H,10-11,14-15,21-22,24H2,1-6H3,(H,40,49)(H,41,48)(H,42,43,44,45)/t27?,29?,31-/m1/s1. The SMILES string of the molecule is Cc1ccc(N(C)C)cc1-c1ccc(C[C@H](CC(=O)C2CCC(CNC(=O)OC(C)(C)C)CC2)C(=O)Nc2ccc(-c3nn[nH]n3)cc2)cc1. The van der Waals surface area contributed by atoms with Crippen LogP contribution in [0.2, 0.25) is 0 Å². The Labute approximate surface area is 294 Å². The Morgan fingerprint density at radius 3 is 2.24 bits per heavy atom. The van der Waals surface area contributed by atoms with Gasteiger partial charge in [0.15, 0.2) is 0 Å². The normalized spacial score (nSPS) is 16.7. The number of aromatic nitrogens is 4. The number of ketones is 1. The van der Waals surface area contributed by atoms with Gasteiger partial charge in [0.2, 0.25) is 11.7 Å². The first kappa shape index (κ1) is 36.2. The summed E-state index contributed by atoms with van der Waals surface area (Å²) in [4.78, 5) is 41.8. The van der Waals surface area contributed by atoms with Crippen LogP contribution < -0.4 is 15.5 Å². The van der Waals surface area contributed by atoms with Crippen molar-refractivity contribution in [3.05, 3.63) is 77.9 Å². The van der Waals surface area contributed by atoms with Crippen LogP contribution in [0, 0.1) is 24.7 Å². The molecule has 2 amide bonds. The number of nitrogens with one attached hydrogen (secondary N) is 3. The molecule has 3 aromatic carbocycles. The van der Waals surface area contributed by atoms with Crippen molar-refractivity contribution in [2.45, 2.75) is 71.8 Å². The molecule has 264 valence electrons. The number of anilines is 2. The second kappa shape index (κ2) is 16.1. The number of amides is 2. The van der Waals surface area contributed by atoms with E-state index < -0.39 is 17.6 Å². The second-order valence-electron chi connectivity index (χ2n) is 14.6. The average Bonchev–Trinajstić information content (AvgIpc) is 3.63. The van der Waals surface area contributed by atoms with E-state index in [4.69, 9.17) is 4.74 Å². The Morgan fingerprint density at radius 2 is 1.62 bits per heavy atom. The van der Waals surface area contributed by atoms with E-state index in [1.54, 1.807) is 12.1 Å². The number of Topliss-reactive ketones (excluding diaryl/α,β-unsaturated/α-hetero) is 1. The van der Waals surface area contributed by atoms with E-state index in [9.17, 15) is 14.4 Å². The molecule has 1 saturated carbocycles. The Bertz CT molecular complexity index is 1740. The summed E-state index contributed by atoms with van der Waals surface area (Å²) < 4.78 is 5.36. The summed E-state index contributed by atoms with van der Waals surface area (Å²) in [6.07, 6.45) is 3.34. The number of aromatic amines is 1. The summed E-state index contributed by atoms with van der Waals surface area (Å²) in [5, 5.41) is 20.0. The molecular weight excluding hydrogens is 630 g/mol. The molecule has 50 heavy (non-hydrogen) atoms. The fraction of sp³-hybridized carbons (Fsp3) is 0.436. The number of benzene rings is 3. The summed E-state index contributed by atoms with van der Waals surface area (Å²) in [5.41, 5.74) is 6.42. The fourth-order valence-electron chi connectivity index (χ4n) is 6.43. The number of hydrogen-bond donors (Lipinski definition) is 3. The van der Waals surface area contributed by atoms with Crippen LogP contribution in [0.4, 0.5) is 16.2 Å². The number of carbonyl (C=O) groups excluding carboxylic acids is 3. The first-order valence-electron chi connectivity index (χ1n) is 17.4. The molecule has 1 aromatic heterocycles. The van der Waals surface area contributed by atoms with Crippen molar-refractivity contribution in [2.24, 2.45) is 17.8 Å². The zero-order chi connectivity index (χ0) is 35.8. The highest BCUT2D eigenvalue weighted by Gasteiger charge is 2.31. The maximum absolute atomic E-state index is 13.8. The number of rotatable bonds is 12. The highest BCUT2D eigenvalue weighted by atomic mass is 16.6. The highest BCUT2D eigenvalue weighted by molar-refractivity contribution is 5.96. The van der Waals surface area contributed by atoms with Gasteiger partial charge in [-0.05, 0) is 130 Å². The number of carbonyl (C=O) groups is 3. The number of tetrazole rings is 1. The van der Waals surface area contributed by atoms with Crippen LogP contribution >= 0.6 is 0 Å². The summed E-state index contributed by atoms with van der Waals surface area (Å²) in [7, 11) is 4.06. The second-order valence-corrected chi connectivity index (χ2v) is 14.6. The Kier molecular flexibility index (Phi) is 11.7. The first-order valence-corrected chi connectivity index (χ1v) is 17.4. The Morgan fingerprint density at radius 1 is 0.940 bits per heavy atom. The lowest BCUT2D eigenvalue weighted by Gasteiger charge is -2.29. The number of nitrogens with zero attached hydrogens (tertiary/aromatic N) is 4. The summed E-state index contributed by atoms with van der Waals surface area (Å²) >= 11 is 0.